The molecular weight excluding hydrogens is 383 g/mol. The van der Waals surface area contributed by atoms with E-state index in [1.807, 2.05) is 0 Å². The molecule has 0 saturated heterocycles. The zero-order valence-corrected chi connectivity index (χ0v) is 21.5. The third-order valence-electron chi connectivity index (χ3n) is 7.54. The van der Waals surface area contributed by atoms with Crippen LogP contribution in [0, 0.1) is 5.92 Å². The van der Waals surface area contributed by atoms with Crippen molar-refractivity contribution < 1.29 is 18.9 Å². The van der Waals surface area contributed by atoms with Crippen molar-refractivity contribution >= 4 is 29.6 Å². The molecule has 3 aromatic rings. The molecule has 1 aliphatic rings. The number of rotatable bonds is 8. The van der Waals surface area contributed by atoms with Gasteiger partial charge in [0.05, 0.1) is 0 Å². The van der Waals surface area contributed by atoms with E-state index in [1.165, 1.54) is 54.0 Å². The number of unbranched alkanes of at least 4 members (excludes halogenated alkanes) is 1. The third-order valence-corrected chi connectivity index (χ3v) is 11.4. The van der Waals surface area contributed by atoms with Gasteiger partial charge in [-0.05, 0) is 35.1 Å². The second-order valence-electron chi connectivity index (χ2n) is 9.89. The molecule has 0 aliphatic heterocycles. The van der Waals surface area contributed by atoms with Crippen LogP contribution >= 0.6 is 0 Å². The molecule has 4 rings (SSSR count). The van der Waals surface area contributed by atoms with Gasteiger partial charge in [-0.2, -0.15) is 5.56 Å². The van der Waals surface area contributed by atoms with E-state index in [0.717, 1.165) is 5.92 Å². The number of hydrogen-bond donors (Lipinski definition) is 0. The van der Waals surface area contributed by atoms with E-state index >= 15 is 0 Å². The Morgan fingerprint density at radius 1 is 1.00 bits per heavy atom. The van der Waals surface area contributed by atoms with Crippen molar-refractivity contribution in [1.82, 2.24) is 0 Å². The van der Waals surface area contributed by atoms with Gasteiger partial charge in [0.15, 0.2) is 0 Å². The Hall–Kier alpha value is -1.40. The summed E-state index contributed by atoms with van der Waals surface area (Å²) in [5, 5.41) is 4.68. The summed E-state index contributed by atoms with van der Waals surface area (Å²) in [5.41, 5.74) is 6.63. The molecule has 0 saturated carbocycles. The fraction of sp³-hybridized carbons (Fsp3) is 0.414. The first-order chi connectivity index (χ1) is 14.5. The van der Waals surface area contributed by atoms with Crippen LogP contribution < -0.4 is 24.0 Å². The van der Waals surface area contributed by atoms with Crippen LogP contribution in [-0.2, 0) is 6.42 Å². The van der Waals surface area contributed by atoms with Crippen molar-refractivity contribution in [2.45, 2.75) is 71.5 Å². The van der Waals surface area contributed by atoms with Crippen molar-refractivity contribution in [3.05, 3.63) is 77.4 Å². The monoisotopic (exact) mass is 420 g/mol. The summed E-state index contributed by atoms with van der Waals surface area (Å²) in [6.07, 6.45) is 9.10. The summed E-state index contributed by atoms with van der Waals surface area (Å²) in [6, 6.07) is 20.9. The molecule has 0 radical (unpaired) electrons. The Balaban J connectivity index is 0.00000272. The Morgan fingerprint density at radius 3 is 2.45 bits per heavy atom. The van der Waals surface area contributed by atoms with Crippen molar-refractivity contribution in [2.75, 3.05) is 0 Å². The van der Waals surface area contributed by atoms with Gasteiger partial charge >= 0.3 is 18.9 Å². The van der Waals surface area contributed by atoms with Gasteiger partial charge in [-0.1, -0.05) is 95.5 Å². The molecule has 158 valence electrons. The van der Waals surface area contributed by atoms with Crippen LogP contribution in [0.2, 0.25) is 13.1 Å². The van der Waals surface area contributed by atoms with Gasteiger partial charge in [-0.25, -0.2) is 0 Å². The van der Waals surface area contributed by atoms with Crippen molar-refractivity contribution in [3.63, 3.8) is 0 Å². The summed E-state index contributed by atoms with van der Waals surface area (Å²) in [7, 11) is -1.75. The van der Waals surface area contributed by atoms with Crippen LogP contribution in [0.3, 0.4) is 0 Å². The quantitative estimate of drug-likeness (QED) is 0.356. The van der Waals surface area contributed by atoms with Gasteiger partial charge in [-0.3, -0.25) is 0 Å². The largest absolute Gasteiger partial charge is 1.00 e. The molecular formula is C29H37LiSi. The predicted molar refractivity (Wildman–Crippen MR) is 137 cm³/mol. The van der Waals surface area contributed by atoms with Gasteiger partial charge in [0.2, 0.25) is 0 Å². The topological polar surface area (TPSA) is 0 Å². The van der Waals surface area contributed by atoms with E-state index < -0.39 is 8.07 Å². The molecule has 2 atom stereocenters. The molecule has 0 nitrogen and oxygen atoms in total. The Bertz CT molecular complexity index is 1060. The molecule has 0 aromatic heterocycles. The second kappa shape index (κ2) is 10.0. The van der Waals surface area contributed by atoms with Gasteiger partial charge in [0.25, 0.3) is 0 Å². The number of hydrogen-bond acceptors (Lipinski definition) is 0. The SMILES string of the molecule is CCCCC(CC)Cc1c[c-]([Si](C)(C)C2C=C(C)c3ccccc32)c2ccccc12.[Li+]. The smallest absolute Gasteiger partial charge is 0.153 e. The molecule has 0 fully saturated rings. The van der Waals surface area contributed by atoms with Crippen LogP contribution in [-0.4, -0.2) is 8.07 Å². The minimum atomic E-state index is -1.75. The van der Waals surface area contributed by atoms with Gasteiger partial charge in [0, 0.05) is 8.07 Å². The van der Waals surface area contributed by atoms with E-state index in [9.17, 15) is 0 Å². The predicted octanol–water partition coefficient (Wildman–Crippen LogP) is 4.98. The minimum absolute atomic E-state index is 0. The summed E-state index contributed by atoms with van der Waals surface area (Å²) < 4.78 is 0. The van der Waals surface area contributed by atoms with E-state index in [0.29, 0.717) is 5.54 Å². The maximum atomic E-state index is 2.62. The summed E-state index contributed by atoms with van der Waals surface area (Å²) in [6.45, 7) is 12.1. The zero-order chi connectivity index (χ0) is 21.3. The summed E-state index contributed by atoms with van der Waals surface area (Å²) in [5.74, 6) is 0.808. The van der Waals surface area contributed by atoms with E-state index in [1.54, 1.807) is 16.3 Å². The van der Waals surface area contributed by atoms with Crippen LogP contribution in [0.4, 0.5) is 0 Å². The van der Waals surface area contributed by atoms with E-state index in [-0.39, 0.29) is 18.9 Å². The second-order valence-corrected chi connectivity index (χ2v) is 14.5. The first kappa shape index (κ1) is 24.3. The summed E-state index contributed by atoms with van der Waals surface area (Å²) in [4.78, 5) is 0. The van der Waals surface area contributed by atoms with E-state index in [2.05, 4.69) is 94.5 Å². The number of fused-ring (bicyclic) bond motifs is 2. The molecule has 0 N–H and O–H groups in total. The molecule has 2 unspecified atom stereocenters. The van der Waals surface area contributed by atoms with Gasteiger partial charge in [0.1, 0.15) is 0 Å². The zero-order valence-electron chi connectivity index (χ0n) is 20.5. The van der Waals surface area contributed by atoms with E-state index in [4.69, 9.17) is 0 Å². The minimum Gasteiger partial charge on any atom is -0.153 e. The fourth-order valence-corrected chi connectivity index (χ4v) is 9.09. The Kier molecular flexibility index (Phi) is 7.85. The average Bonchev–Trinajstić information content (AvgIpc) is 3.30. The molecule has 0 spiro atoms. The molecule has 31 heavy (non-hydrogen) atoms. The van der Waals surface area contributed by atoms with Crippen molar-refractivity contribution in [2.24, 2.45) is 5.92 Å². The Labute approximate surface area is 202 Å². The van der Waals surface area contributed by atoms with Crippen LogP contribution in [0.25, 0.3) is 16.3 Å². The molecule has 1 aliphatic carbocycles. The molecule has 2 heteroatoms. The van der Waals surface area contributed by atoms with Gasteiger partial charge < -0.3 is 0 Å². The maximum Gasteiger partial charge on any atom is 1.00 e. The number of benzene rings is 2. The number of allylic oxidation sites excluding steroid dienone is 2. The summed E-state index contributed by atoms with van der Waals surface area (Å²) >= 11 is 0. The molecule has 0 amide bonds. The molecule has 0 heterocycles. The maximum absolute atomic E-state index is 2.62. The first-order valence-corrected chi connectivity index (χ1v) is 15.0. The molecule has 3 aromatic carbocycles. The van der Waals surface area contributed by atoms with Gasteiger partial charge in [-0.15, -0.1) is 40.2 Å². The standard InChI is InChI=1S/C29H37Si.Li/c1-6-8-13-22(7-2)19-23-20-29(27-17-12-10-15-25(23)27)30(4,5)28-18-21(3)24-14-9-11-16-26(24)28;/h9-12,14-18,20,22,28H,6-8,13,19H2,1-5H3;/q-1;+1. The van der Waals surface area contributed by atoms with Crippen LogP contribution in [0.15, 0.2) is 60.7 Å². The van der Waals surface area contributed by atoms with Crippen LogP contribution in [0.1, 0.15) is 68.7 Å². The first-order valence-electron chi connectivity index (χ1n) is 11.9. The fourth-order valence-electron chi connectivity index (χ4n) is 5.61. The van der Waals surface area contributed by atoms with Crippen molar-refractivity contribution in [1.29, 1.82) is 0 Å². The third kappa shape index (κ3) is 4.56. The normalized spacial score (nSPS) is 16.7. The van der Waals surface area contributed by atoms with Crippen molar-refractivity contribution in [3.8, 4) is 0 Å². The average molecular weight is 421 g/mol. The Morgan fingerprint density at radius 2 is 1.71 bits per heavy atom. The van der Waals surface area contributed by atoms with Crippen LogP contribution in [0.5, 0.6) is 0 Å². The molecule has 0 bridgehead atoms.